The number of hydrogen-bond donors (Lipinski definition) is 0. The van der Waals surface area contributed by atoms with Crippen LogP contribution in [-0.2, 0) is 0 Å². The van der Waals surface area contributed by atoms with E-state index in [2.05, 4.69) is 4.98 Å². The number of aldehydes is 1. The third-order valence-electron chi connectivity index (χ3n) is 1.23. The van der Waals surface area contributed by atoms with Gasteiger partial charge in [0.15, 0.2) is 6.29 Å². The quantitative estimate of drug-likeness (QED) is 0.670. The molecule has 0 aliphatic carbocycles. The lowest BCUT2D eigenvalue weighted by molar-refractivity contribution is 0.111. The number of hydrogen-bond acceptors (Lipinski definition) is 3. The first-order chi connectivity index (χ1) is 5.15. The zero-order valence-corrected chi connectivity index (χ0v) is 7.87. The highest BCUT2D eigenvalue weighted by atomic mass is 35.5. The van der Waals surface area contributed by atoms with E-state index in [9.17, 15) is 4.79 Å². The van der Waals surface area contributed by atoms with Crippen molar-refractivity contribution in [3.8, 4) is 0 Å². The largest absolute Gasteiger partial charge is 0.296 e. The van der Waals surface area contributed by atoms with Crippen LogP contribution in [0.3, 0.4) is 0 Å². The molecular formula is C7H8ClNOS. The van der Waals surface area contributed by atoms with Gasteiger partial charge in [0.05, 0.1) is 5.01 Å². The van der Waals surface area contributed by atoms with Crippen LogP contribution in [0.4, 0.5) is 0 Å². The second kappa shape index (κ2) is 3.32. The van der Waals surface area contributed by atoms with Crippen LogP contribution in [0.25, 0.3) is 0 Å². The van der Waals surface area contributed by atoms with Crippen molar-refractivity contribution in [2.75, 3.05) is 0 Å². The van der Waals surface area contributed by atoms with Crippen LogP contribution in [0.5, 0.6) is 0 Å². The molecule has 0 radical (unpaired) electrons. The maximum atomic E-state index is 10.3. The van der Waals surface area contributed by atoms with Crippen molar-refractivity contribution in [1.29, 1.82) is 0 Å². The molecule has 1 rings (SSSR count). The van der Waals surface area contributed by atoms with E-state index in [1.807, 2.05) is 13.8 Å². The first-order valence-electron chi connectivity index (χ1n) is 3.26. The molecule has 1 aromatic rings. The fourth-order valence-corrected chi connectivity index (χ4v) is 1.73. The number of aromatic nitrogens is 1. The summed E-state index contributed by atoms with van der Waals surface area (Å²) in [6.45, 7) is 4.04. The molecular weight excluding hydrogens is 182 g/mol. The van der Waals surface area contributed by atoms with Crippen LogP contribution in [0, 0.1) is 0 Å². The molecule has 11 heavy (non-hydrogen) atoms. The lowest BCUT2D eigenvalue weighted by Gasteiger charge is -1.94. The van der Waals surface area contributed by atoms with Crippen LogP contribution in [-0.4, -0.2) is 11.3 Å². The Bertz CT molecular complexity index is 269. The van der Waals surface area contributed by atoms with Gasteiger partial charge in [-0.3, -0.25) is 4.79 Å². The monoisotopic (exact) mass is 189 g/mol. The van der Waals surface area contributed by atoms with Crippen LogP contribution in [0.15, 0.2) is 0 Å². The number of carbonyl (C=O) groups is 1. The Morgan fingerprint density at radius 3 is 2.55 bits per heavy atom. The van der Waals surface area contributed by atoms with E-state index in [1.54, 1.807) is 0 Å². The fraction of sp³-hybridized carbons (Fsp3) is 0.429. The maximum Gasteiger partial charge on any atom is 0.170 e. The van der Waals surface area contributed by atoms with Gasteiger partial charge in [-0.15, -0.1) is 11.3 Å². The lowest BCUT2D eigenvalue weighted by atomic mass is 10.2. The Labute approximate surface area is 74.2 Å². The Morgan fingerprint density at radius 1 is 1.64 bits per heavy atom. The van der Waals surface area contributed by atoms with Gasteiger partial charge in [0, 0.05) is 5.92 Å². The average molecular weight is 190 g/mol. The Kier molecular flexibility index (Phi) is 2.62. The highest BCUT2D eigenvalue weighted by Crippen LogP contribution is 2.27. The van der Waals surface area contributed by atoms with Crippen molar-refractivity contribution in [2.45, 2.75) is 19.8 Å². The first-order valence-corrected chi connectivity index (χ1v) is 4.46. The molecule has 0 N–H and O–H groups in total. The lowest BCUT2D eigenvalue weighted by Crippen LogP contribution is -1.86. The van der Waals surface area contributed by atoms with Gasteiger partial charge in [0.1, 0.15) is 10.0 Å². The second-order valence-corrected chi connectivity index (χ2v) is 4.12. The van der Waals surface area contributed by atoms with Crippen molar-refractivity contribution >= 4 is 29.2 Å². The molecule has 0 aliphatic heterocycles. The molecule has 0 atom stereocenters. The third-order valence-corrected chi connectivity index (χ3v) is 2.82. The number of carbonyl (C=O) groups excluding carboxylic acids is 1. The van der Waals surface area contributed by atoms with E-state index in [4.69, 9.17) is 11.6 Å². The Morgan fingerprint density at radius 2 is 2.27 bits per heavy atom. The van der Waals surface area contributed by atoms with Gasteiger partial charge >= 0.3 is 0 Å². The van der Waals surface area contributed by atoms with Gasteiger partial charge in [-0.1, -0.05) is 25.4 Å². The molecule has 0 unspecified atom stereocenters. The van der Waals surface area contributed by atoms with Gasteiger partial charge in [0.25, 0.3) is 0 Å². The Balaban J connectivity index is 3.04. The van der Waals surface area contributed by atoms with Crippen molar-refractivity contribution in [2.24, 2.45) is 0 Å². The molecule has 0 saturated carbocycles. The highest BCUT2D eigenvalue weighted by molar-refractivity contribution is 7.16. The normalized spacial score (nSPS) is 10.5. The summed E-state index contributed by atoms with van der Waals surface area (Å²) in [6.07, 6.45) is 0.685. The van der Waals surface area contributed by atoms with Crippen LogP contribution in [0.1, 0.15) is 35.3 Å². The van der Waals surface area contributed by atoms with E-state index in [0.29, 0.717) is 22.2 Å². The van der Waals surface area contributed by atoms with Gasteiger partial charge in [0.2, 0.25) is 0 Å². The van der Waals surface area contributed by atoms with Gasteiger partial charge < -0.3 is 0 Å². The number of thiazole rings is 1. The molecule has 60 valence electrons. The van der Waals surface area contributed by atoms with E-state index >= 15 is 0 Å². The summed E-state index contributed by atoms with van der Waals surface area (Å²) in [5, 5.41) is 0.914. The molecule has 4 heteroatoms. The zero-order valence-electron chi connectivity index (χ0n) is 6.30. The van der Waals surface area contributed by atoms with Crippen molar-refractivity contribution in [3.05, 3.63) is 15.0 Å². The summed E-state index contributed by atoms with van der Waals surface area (Å²) in [5.41, 5.74) is 0.361. The molecule has 0 amide bonds. The van der Waals surface area contributed by atoms with E-state index in [0.717, 1.165) is 5.01 Å². The summed E-state index contributed by atoms with van der Waals surface area (Å²) in [5.74, 6) is 0.339. The zero-order chi connectivity index (χ0) is 8.43. The molecule has 0 spiro atoms. The predicted octanol–water partition coefficient (Wildman–Crippen LogP) is 2.73. The van der Waals surface area contributed by atoms with Crippen molar-refractivity contribution < 1.29 is 4.79 Å². The smallest absolute Gasteiger partial charge is 0.170 e. The minimum absolute atomic E-state index is 0.339. The maximum absolute atomic E-state index is 10.3. The Hall–Kier alpha value is -0.410. The van der Waals surface area contributed by atoms with Crippen LogP contribution in [0.2, 0.25) is 4.34 Å². The fourth-order valence-electron chi connectivity index (χ4n) is 0.649. The highest BCUT2D eigenvalue weighted by Gasteiger charge is 2.10. The van der Waals surface area contributed by atoms with Gasteiger partial charge in [-0.2, -0.15) is 0 Å². The summed E-state index contributed by atoms with van der Waals surface area (Å²) in [4.78, 5) is 14.4. The summed E-state index contributed by atoms with van der Waals surface area (Å²) < 4.78 is 0.490. The molecule has 1 heterocycles. The van der Waals surface area contributed by atoms with Crippen molar-refractivity contribution in [3.63, 3.8) is 0 Å². The molecule has 1 aromatic heterocycles. The van der Waals surface area contributed by atoms with Crippen LogP contribution >= 0.6 is 22.9 Å². The van der Waals surface area contributed by atoms with Crippen molar-refractivity contribution in [1.82, 2.24) is 4.98 Å². The van der Waals surface area contributed by atoms with Gasteiger partial charge in [-0.25, -0.2) is 4.98 Å². The standard InChI is InChI=1S/C7H8ClNOS/c1-4(2)7-9-5(3-10)6(8)11-7/h3-4H,1-2H3. The van der Waals surface area contributed by atoms with E-state index in [1.165, 1.54) is 11.3 Å². The van der Waals surface area contributed by atoms with Gasteiger partial charge in [-0.05, 0) is 0 Å². The minimum atomic E-state index is 0.339. The number of nitrogens with zero attached hydrogens (tertiary/aromatic N) is 1. The first kappa shape index (κ1) is 8.68. The van der Waals surface area contributed by atoms with E-state index in [-0.39, 0.29) is 0 Å². The third kappa shape index (κ3) is 1.79. The molecule has 0 fully saturated rings. The molecule has 2 nitrogen and oxygen atoms in total. The summed E-state index contributed by atoms with van der Waals surface area (Å²) >= 11 is 7.08. The summed E-state index contributed by atoms with van der Waals surface area (Å²) in [6, 6.07) is 0. The molecule has 0 aliphatic rings. The summed E-state index contributed by atoms with van der Waals surface area (Å²) in [7, 11) is 0. The second-order valence-electron chi connectivity index (χ2n) is 2.48. The number of rotatable bonds is 2. The van der Waals surface area contributed by atoms with E-state index < -0.39 is 0 Å². The molecule has 0 aromatic carbocycles. The minimum Gasteiger partial charge on any atom is -0.296 e. The average Bonchev–Trinajstić information content (AvgIpc) is 2.31. The molecule has 0 saturated heterocycles. The topological polar surface area (TPSA) is 30.0 Å². The predicted molar refractivity (Wildman–Crippen MR) is 46.6 cm³/mol. The molecule has 0 bridgehead atoms. The van der Waals surface area contributed by atoms with Crippen LogP contribution < -0.4 is 0 Å². The SMILES string of the molecule is CC(C)c1nc(C=O)c(Cl)s1. The number of halogens is 1.